The van der Waals surface area contributed by atoms with Gasteiger partial charge in [0.05, 0.1) is 11.6 Å². The van der Waals surface area contributed by atoms with Crippen molar-refractivity contribution in [3.8, 4) is 6.07 Å². The summed E-state index contributed by atoms with van der Waals surface area (Å²) in [5.74, 6) is 0.550. The molecular weight excluding hydrogens is 304 g/mol. The Balaban J connectivity index is 1.90. The van der Waals surface area contributed by atoms with Gasteiger partial charge in [-0.2, -0.15) is 5.26 Å². The largest absolute Gasteiger partial charge is 0.354 e. The van der Waals surface area contributed by atoms with E-state index in [4.69, 9.17) is 12.3 Å². The van der Waals surface area contributed by atoms with Gasteiger partial charge in [-0.1, -0.05) is 26.6 Å². The normalized spacial score (nSPS) is 29.2. The second kappa shape index (κ2) is 4.88. The van der Waals surface area contributed by atoms with E-state index in [-0.39, 0.29) is 11.5 Å². The van der Waals surface area contributed by atoms with Crippen molar-refractivity contribution in [2.75, 3.05) is 0 Å². The highest BCUT2D eigenvalue weighted by Gasteiger charge is 2.37. The third kappa shape index (κ3) is 2.02. The van der Waals surface area contributed by atoms with E-state index in [1.165, 1.54) is 12.1 Å². The fraction of sp³-hybridized carbons (Fsp3) is 0.435. The number of nitrogens with one attached hydrogen (secondary N) is 1. The molecule has 3 aromatic rings. The summed E-state index contributed by atoms with van der Waals surface area (Å²) in [4.78, 5) is 3.28. The summed E-state index contributed by atoms with van der Waals surface area (Å²) in [5.41, 5.74) is 0.812. The van der Waals surface area contributed by atoms with Crippen molar-refractivity contribution in [1.82, 2.24) is 4.98 Å². The summed E-state index contributed by atoms with van der Waals surface area (Å²) < 4.78 is 72.6. The van der Waals surface area contributed by atoms with E-state index in [0.717, 1.165) is 47.7 Å². The Bertz CT molecular complexity index is 1310. The number of fused-ring (bicyclic) bond motifs is 5. The molecule has 1 aromatic heterocycles. The number of nitriles is 1. The lowest BCUT2D eigenvalue weighted by Gasteiger charge is -2.39. The van der Waals surface area contributed by atoms with Gasteiger partial charge in [-0.25, -0.2) is 0 Å². The molecule has 3 aliphatic carbocycles. The minimum absolute atomic E-state index is 0.250. The Morgan fingerprint density at radius 3 is 2.44 bits per heavy atom. The zero-order valence-corrected chi connectivity index (χ0v) is 13.7. The van der Waals surface area contributed by atoms with Crippen LogP contribution in [-0.2, 0) is 5.41 Å². The Kier molecular flexibility index (Phi) is 1.64. The SMILES string of the molecule is [2H]C([2H])([2H])C(c1ccc2[nH]c3cc(C#N)c4c(c3c2c1)C1CCC4CC1)(C([2H])([2H])[2H])C([2H])([2H])[2H]. The van der Waals surface area contributed by atoms with Crippen LogP contribution in [0.2, 0.25) is 0 Å². The number of hydrogen-bond donors (Lipinski definition) is 1. The van der Waals surface area contributed by atoms with Crippen LogP contribution in [0.5, 0.6) is 0 Å². The van der Waals surface area contributed by atoms with Crippen LogP contribution >= 0.6 is 0 Å². The molecule has 0 unspecified atom stereocenters. The molecule has 0 aliphatic heterocycles. The minimum Gasteiger partial charge on any atom is -0.354 e. The molecule has 3 aliphatic rings. The maximum atomic E-state index is 9.82. The first-order chi connectivity index (χ1) is 15.7. The first-order valence-electron chi connectivity index (χ1n) is 13.2. The van der Waals surface area contributed by atoms with E-state index in [1.54, 1.807) is 12.1 Å². The van der Waals surface area contributed by atoms with Crippen molar-refractivity contribution >= 4 is 21.8 Å². The van der Waals surface area contributed by atoms with Crippen molar-refractivity contribution < 1.29 is 12.3 Å². The third-order valence-corrected chi connectivity index (χ3v) is 6.06. The molecule has 2 aromatic carbocycles. The number of benzene rings is 2. The highest BCUT2D eigenvalue weighted by Crippen LogP contribution is 2.53. The van der Waals surface area contributed by atoms with Gasteiger partial charge in [0, 0.05) is 34.1 Å². The summed E-state index contributed by atoms with van der Waals surface area (Å²) in [6, 6.07) is 8.43. The van der Waals surface area contributed by atoms with Crippen molar-refractivity contribution in [2.24, 2.45) is 0 Å². The van der Waals surface area contributed by atoms with E-state index in [0.29, 0.717) is 22.4 Å². The van der Waals surface area contributed by atoms with Crippen molar-refractivity contribution in [1.29, 1.82) is 5.26 Å². The molecule has 1 fully saturated rings. The van der Waals surface area contributed by atoms with Gasteiger partial charge >= 0.3 is 0 Å². The average Bonchev–Trinajstić information content (AvgIpc) is 3.09. The maximum absolute atomic E-state index is 9.82. The Labute approximate surface area is 161 Å². The second-order valence-electron chi connectivity index (χ2n) is 7.47. The minimum atomic E-state index is -3.31. The molecule has 1 heterocycles. The predicted molar refractivity (Wildman–Crippen MR) is 103 cm³/mol. The zero-order chi connectivity index (χ0) is 24.8. The summed E-state index contributed by atoms with van der Waals surface area (Å²) in [6.45, 7) is -9.93. The Morgan fingerprint density at radius 1 is 1.04 bits per heavy atom. The fourth-order valence-corrected chi connectivity index (χ4v) is 4.97. The van der Waals surface area contributed by atoms with Gasteiger partial charge in [0.15, 0.2) is 0 Å². The van der Waals surface area contributed by atoms with Gasteiger partial charge < -0.3 is 4.98 Å². The monoisotopic (exact) mass is 337 g/mol. The molecule has 0 spiro atoms. The van der Waals surface area contributed by atoms with Crippen LogP contribution in [0.25, 0.3) is 21.8 Å². The van der Waals surface area contributed by atoms with Crippen molar-refractivity contribution in [3.63, 3.8) is 0 Å². The van der Waals surface area contributed by atoms with Crippen LogP contribution in [0.3, 0.4) is 0 Å². The van der Waals surface area contributed by atoms with Gasteiger partial charge in [0.25, 0.3) is 0 Å². The Hall–Kier alpha value is -2.27. The predicted octanol–water partition coefficient (Wildman–Crippen LogP) is 6.25. The van der Waals surface area contributed by atoms with Crippen LogP contribution < -0.4 is 0 Å². The molecule has 1 saturated carbocycles. The molecule has 0 atom stereocenters. The second-order valence-corrected chi connectivity index (χ2v) is 7.47. The van der Waals surface area contributed by atoms with Gasteiger partial charge in [0.1, 0.15) is 0 Å². The van der Waals surface area contributed by atoms with Crippen molar-refractivity contribution in [2.45, 2.75) is 63.5 Å². The van der Waals surface area contributed by atoms with Gasteiger partial charge in [-0.15, -0.1) is 0 Å². The summed E-state index contributed by atoms with van der Waals surface area (Å²) in [5, 5.41) is 11.3. The van der Waals surface area contributed by atoms with Gasteiger partial charge in [0.2, 0.25) is 0 Å². The van der Waals surface area contributed by atoms with Crippen LogP contribution in [0.15, 0.2) is 24.3 Å². The molecule has 126 valence electrons. The van der Waals surface area contributed by atoms with E-state index < -0.39 is 26.0 Å². The lowest BCUT2D eigenvalue weighted by molar-refractivity contribution is 0.361. The van der Waals surface area contributed by atoms with Crippen LogP contribution in [0, 0.1) is 11.3 Å². The van der Waals surface area contributed by atoms with Crippen molar-refractivity contribution in [3.05, 3.63) is 46.5 Å². The van der Waals surface area contributed by atoms with Crippen LogP contribution in [0.1, 0.15) is 92.7 Å². The third-order valence-electron chi connectivity index (χ3n) is 6.06. The molecule has 25 heavy (non-hydrogen) atoms. The first kappa shape index (κ1) is 8.41. The number of nitrogens with zero attached hydrogens (tertiary/aromatic N) is 1. The topological polar surface area (TPSA) is 39.6 Å². The number of H-pyrrole nitrogens is 1. The summed E-state index contributed by atoms with van der Waals surface area (Å²) >= 11 is 0. The maximum Gasteiger partial charge on any atom is 0.0995 e. The highest BCUT2D eigenvalue weighted by molar-refractivity contribution is 6.10. The highest BCUT2D eigenvalue weighted by atomic mass is 14.7. The lowest BCUT2D eigenvalue weighted by Crippen LogP contribution is -2.23. The molecule has 1 N–H and O–H groups in total. The number of aromatic nitrogens is 1. The Morgan fingerprint density at radius 2 is 1.76 bits per heavy atom. The average molecular weight is 338 g/mol. The molecule has 2 nitrogen and oxygen atoms in total. The van der Waals surface area contributed by atoms with Crippen LogP contribution in [0.4, 0.5) is 0 Å². The quantitative estimate of drug-likeness (QED) is 0.518. The molecule has 2 bridgehead atoms. The number of hydrogen-bond acceptors (Lipinski definition) is 1. The number of rotatable bonds is 0. The molecular formula is C23H24N2. The zero-order valence-electron chi connectivity index (χ0n) is 22.7. The van der Waals surface area contributed by atoms with E-state index in [9.17, 15) is 5.26 Å². The smallest absolute Gasteiger partial charge is 0.0995 e. The molecule has 0 amide bonds. The summed E-state index contributed by atoms with van der Waals surface area (Å²) in [6.07, 6.45) is 4.03. The standard InChI is InChI=1S/C23H24N2/c1-23(2,3)16-8-9-18-17(11-16)22-19(25-18)10-15(12-24)20-13-4-6-14(7-5-13)21(20)22/h8-11,13-14,25H,4-7H2,1-3H3/i1D3,2D3,3D3. The van der Waals surface area contributed by atoms with E-state index in [2.05, 4.69) is 11.1 Å². The van der Waals surface area contributed by atoms with E-state index in [1.807, 2.05) is 0 Å². The first-order valence-corrected chi connectivity index (χ1v) is 8.75. The van der Waals surface area contributed by atoms with Gasteiger partial charge in [-0.3, -0.25) is 0 Å². The molecule has 6 rings (SSSR count). The molecule has 0 saturated heterocycles. The molecule has 2 heteroatoms. The summed E-state index contributed by atoms with van der Waals surface area (Å²) in [7, 11) is 0. The number of aromatic amines is 1. The lowest BCUT2D eigenvalue weighted by atomic mass is 9.65. The molecule has 0 radical (unpaired) electrons. The van der Waals surface area contributed by atoms with E-state index >= 15 is 0 Å². The van der Waals surface area contributed by atoms with Crippen LogP contribution in [-0.4, -0.2) is 4.98 Å². The van der Waals surface area contributed by atoms with Gasteiger partial charge in [-0.05, 0) is 77.8 Å². The fourth-order valence-electron chi connectivity index (χ4n) is 4.97.